The number of anilines is 1. The zero-order chi connectivity index (χ0) is 18.6. The SMILES string of the molecule is CC(=O)Nc1ccc(OS(=O)(=O)c2ccccc2-c2ccccc2)cc1. The van der Waals surface area contributed by atoms with Crippen LogP contribution in [0.2, 0.25) is 0 Å². The number of benzene rings is 3. The van der Waals surface area contributed by atoms with Crippen molar-refractivity contribution < 1.29 is 17.4 Å². The van der Waals surface area contributed by atoms with Crippen LogP contribution < -0.4 is 9.50 Å². The van der Waals surface area contributed by atoms with Gasteiger partial charge in [-0.05, 0) is 35.9 Å². The van der Waals surface area contributed by atoms with Crippen LogP contribution in [-0.2, 0) is 14.9 Å². The molecule has 0 aliphatic carbocycles. The van der Waals surface area contributed by atoms with E-state index in [1.54, 1.807) is 30.3 Å². The Labute approximate surface area is 152 Å². The highest BCUT2D eigenvalue weighted by molar-refractivity contribution is 7.87. The van der Waals surface area contributed by atoms with Crippen LogP contribution in [0.25, 0.3) is 11.1 Å². The van der Waals surface area contributed by atoms with Crippen LogP contribution in [0.3, 0.4) is 0 Å². The van der Waals surface area contributed by atoms with E-state index in [0.717, 1.165) is 5.56 Å². The van der Waals surface area contributed by atoms with Gasteiger partial charge >= 0.3 is 10.1 Å². The molecule has 26 heavy (non-hydrogen) atoms. The first kappa shape index (κ1) is 17.7. The zero-order valence-electron chi connectivity index (χ0n) is 14.0. The fourth-order valence-corrected chi connectivity index (χ4v) is 3.66. The molecular formula is C20H17NO4S. The first-order chi connectivity index (χ1) is 12.5. The molecular weight excluding hydrogens is 350 g/mol. The van der Waals surface area contributed by atoms with Crippen molar-refractivity contribution in [2.75, 3.05) is 5.32 Å². The maximum absolute atomic E-state index is 12.8. The maximum atomic E-state index is 12.8. The molecule has 0 bridgehead atoms. The number of hydrogen-bond acceptors (Lipinski definition) is 4. The molecule has 6 heteroatoms. The summed E-state index contributed by atoms with van der Waals surface area (Å²) in [6.45, 7) is 1.40. The number of carbonyl (C=O) groups excluding carboxylic acids is 1. The molecule has 0 unspecified atom stereocenters. The monoisotopic (exact) mass is 367 g/mol. The standard InChI is InChI=1S/C20H17NO4S/c1-15(22)21-17-11-13-18(14-12-17)25-26(23,24)20-10-6-5-9-19(20)16-7-3-2-4-8-16/h2-14H,1H3,(H,21,22). The molecule has 0 atom stereocenters. The van der Waals surface area contributed by atoms with Gasteiger partial charge in [-0.25, -0.2) is 0 Å². The van der Waals surface area contributed by atoms with Gasteiger partial charge < -0.3 is 9.50 Å². The lowest BCUT2D eigenvalue weighted by Crippen LogP contribution is -2.11. The van der Waals surface area contributed by atoms with E-state index < -0.39 is 10.1 Å². The summed E-state index contributed by atoms with van der Waals surface area (Å²) >= 11 is 0. The van der Waals surface area contributed by atoms with Crippen molar-refractivity contribution in [3.8, 4) is 16.9 Å². The number of hydrogen-bond donors (Lipinski definition) is 1. The fraction of sp³-hybridized carbons (Fsp3) is 0.0500. The lowest BCUT2D eigenvalue weighted by Gasteiger charge is -2.12. The predicted octanol–water partition coefficient (Wildman–Crippen LogP) is 4.08. The topological polar surface area (TPSA) is 72.5 Å². The smallest absolute Gasteiger partial charge is 0.339 e. The van der Waals surface area contributed by atoms with Gasteiger partial charge in [0.1, 0.15) is 10.6 Å². The van der Waals surface area contributed by atoms with Crippen molar-refractivity contribution >= 4 is 21.7 Å². The molecule has 1 amide bonds. The molecule has 0 aliphatic rings. The predicted molar refractivity (Wildman–Crippen MR) is 100 cm³/mol. The Kier molecular flexibility index (Phi) is 5.04. The molecule has 132 valence electrons. The average molecular weight is 367 g/mol. The molecule has 3 rings (SSSR count). The lowest BCUT2D eigenvalue weighted by molar-refractivity contribution is -0.114. The van der Waals surface area contributed by atoms with E-state index in [0.29, 0.717) is 11.3 Å². The molecule has 0 heterocycles. The molecule has 0 fully saturated rings. The van der Waals surface area contributed by atoms with E-state index in [1.807, 2.05) is 30.3 Å². The van der Waals surface area contributed by atoms with Crippen molar-refractivity contribution in [2.45, 2.75) is 11.8 Å². The minimum Gasteiger partial charge on any atom is -0.379 e. The van der Waals surface area contributed by atoms with Crippen molar-refractivity contribution in [1.82, 2.24) is 0 Å². The normalized spacial score (nSPS) is 11.0. The summed E-state index contributed by atoms with van der Waals surface area (Å²) in [6.07, 6.45) is 0. The van der Waals surface area contributed by atoms with Crippen LogP contribution >= 0.6 is 0 Å². The van der Waals surface area contributed by atoms with Gasteiger partial charge in [-0.3, -0.25) is 4.79 Å². The summed E-state index contributed by atoms with van der Waals surface area (Å²) in [5, 5.41) is 2.61. The fourth-order valence-electron chi connectivity index (χ4n) is 2.51. The van der Waals surface area contributed by atoms with E-state index in [1.165, 1.54) is 25.1 Å². The largest absolute Gasteiger partial charge is 0.379 e. The zero-order valence-corrected chi connectivity index (χ0v) is 14.9. The molecule has 1 N–H and O–H groups in total. The van der Waals surface area contributed by atoms with Gasteiger partial charge in [-0.1, -0.05) is 48.5 Å². The Balaban J connectivity index is 1.91. The second-order valence-corrected chi connectivity index (χ2v) is 7.12. The van der Waals surface area contributed by atoms with Crippen molar-refractivity contribution in [1.29, 1.82) is 0 Å². The second kappa shape index (κ2) is 7.41. The van der Waals surface area contributed by atoms with Crippen LogP contribution in [-0.4, -0.2) is 14.3 Å². The van der Waals surface area contributed by atoms with Gasteiger partial charge in [-0.2, -0.15) is 8.42 Å². The summed E-state index contributed by atoms with van der Waals surface area (Å²) in [5.74, 6) is -0.0370. The number of rotatable bonds is 5. The van der Waals surface area contributed by atoms with E-state index in [-0.39, 0.29) is 16.6 Å². The van der Waals surface area contributed by atoms with Crippen molar-refractivity contribution in [2.24, 2.45) is 0 Å². The molecule has 3 aromatic rings. The third-order valence-electron chi connectivity index (χ3n) is 3.62. The van der Waals surface area contributed by atoms with Crippen LogP contribution in [0.1, 0.15) is 6.92 Å². The molecule has 0 saturated heterocycles. The summed E-state index contributed by atoms with van der Waals surface area (Å²) in [5.41, 5.74) is 1.92. The molecule has 5 nitrogen and oxygen atoms in total. The summed E-state index contributed by atoms with van der Waals surface area (Å²) in [6, 6.07) is 22.1. The van der Waals surface area contributed by atoms with E-state index >= 15 is 0 Å². The van der Waals surface area contributed by atoms with Crippen LogP contribution in [0.4, 0.5) is 5.69 Å². The van der Waals surface area contributed by atoms with Crippen molar-refractivity contribution in [3.05, 3.63) is 78.9 Å². The Morgan fingerprint density at radius 1 is 0.846 bits per heavy atom. The van der Waals surface area contributed by atoms with E-state index in [9.17, 15) is 13.2 Å². The molecule has 0 aliphatic heterocycles. The third-order valence-corrected chi connectivity index (χ3v) is 4.93. The van der Waals surface area contributed by atoms with Crippen LogP contribution in [0.15, 0.2) is 83.8 Å². The summed E-state index contributed by atoms with van der Waals surface area (Å²) < 4.78 is 30.8. The quantitative estimate of drug-likeness (QED) is 0.690. The minimum absolute atomic E-state index is 0.0946. The van der Waals surface area contributed by atoms with Gasteiger partial charge in [0.05, 0.1) is 0 Å². The minimum atomic E-state index is -4.02. The van der Waals surface area contributed by atoms with Crippen LogP contribution in [0, 0.1) is 0 Å². The number of carbonyl (C=O) groups is 1. The van der Waals surface area contributed by atoms with E-state index in [2.05, 4.69) is 5.32 Å². The van der Waals surface area contributed by atoms with Gasteiger partial charge in [0.25, 0.3) is 0 Å². The highest BCUT2D eigenvalue weighted by Gasteiger charge is 2.21. The molecule has 0 saturated carbocycles. The summed E-state index contributed by atoms with van der Waals surface area (Å²) in [4.78, 5) is 11.1. The molecule has 3 aromatic carbocycles. The Morgan fingerprint density at radius 3 is 2.12 bits per heavy atom. The highest BCUT2D eigenvalue weighted by atomic mass is 32.2. The first-order valence-corrected chi connectivity index (χ1v) is 9.33. The van der Waals surface area contributed by atoms with Gasteiger partial charge in [0.15, 0.2) is 0 Å². The molecule has 0 aromatic heterocycles. The Bertz CT molecular complexity index is 1010. The highest BCUT2D eigenvalue weighted by Crippen LogP contribution is 2.29. The van der Waals surface area contributed by atoms with Gasteiger partial charge in [0.2, 0.25) is 5.91 Å². The Morgan fingerprint density at radius 2 is 1.46 bits per heavy atom. The third kappa shape index (κ3) is 4.10. The van der Waals surface area contributed by atoms with Gasteiger partial charge in [-0.15, -0.1) is 0 Å². The van der Waals surface area contributed by atoms with Gasteiger partial charge in [0, 0.05) is 18.2 Å². The average Bonchev–Trinajstić information content (AvgIpc) is 2.63. The molecule has 0 spiro atoms. The first-order valence-electron chi connectivity index (χ1n) is 7.92. The van der Waals surface area contributed by atoms with Crippen molar-refractivity contribution in [3.63, 3.8) is 0 Å². The second-order valence-electron chi connectivity index (χ2n) is 5.61. The van der Waals surface area contributed by atoms with E-state index in [4.69, 9.17) is 4.18 Å². The summed E-state index contributed by atoms with van der Waals surface area (Å²) in [7, 11) is -4.02. The van der Waals surface area contributed by atoms with Crippen LogP contribution in [0.5, 0.6) is 5.75 Å². The molecule has 0 radical (unpaired) electrons. The lowest BCUT2D eigenvalue weighted by atomic mass is 10.1. The number of amides is 1. The Hall–Kier alpha value is -3.12. The number of nitrogens with one attached hydrogen (secondary N) is 1. The maximum Gasteiger partial charge on any atom is 0.339 e.